The second-order valence-corrected chi connectivity index (χ2v) is 6.86. The first kappa shape index (κ1) is 16.3. The summed E-state index contributed by atoms with van der Waals surface area (Å²) in [6, 6.07) is 12.7. The maximum Gasteiger partial charge on any atom is 0.236 e. The van der Waals surface area contributed by atoms with Gasteiger partial charge >= 0.3 is 0 Å². The Morgan fingerprint density at radius 2 is 2.04 bits per heavy atom. The van der Waals surface area contributed by atoms with Crippen LogP contribution in [0, 0.1) is 5.82 Å². The smallest absolute Gasteiger partial charge is 0.236 e. The van der Waals surface area contributed by atoms with Crippen LogP contribution in [0.4, 0.5) is 10.1 Å². The van der Waals surface area contributed by atoms with E-state index in [1.165, 1.54) is 23.4 Å². The highest BCUT2D eigenvalue weighted by Crippen LogP contribution is 2.28. The molecular formula is C18H17ClFNOS. The van der Waals surface area contributed by atoms with Gasteiger partial charge in [0.2, 0.25) is 5.91 Å². The number of nitrogens with zero attached hydrogens (tertiary/aromatic N) is 1. The van der Waals surface area contributed by atoms with Crippen LogP contribution in [0.2, 0.25) is 5.02 Å². The highest BCUT2D eigenvalue weighted by Gasteiger charge is 2.22. The summed E-state index contributed by atoms with van der Waals surface area (Å²) in [7, 11) is 0. The highest BCUT2D eigenvalue weighted by atomic mass is 35.5. The van der Waals surface area contributed by atoms with E-state index in [0.29, 0.717) is 22.1 Å². The minimum absolute atomic E-state index is 0.0645. The van der Waals surface area contributed by atoms with E-state index in [1.807, 2.05) is 23.1 Å². The molecule has 120 valence electrons. The van der Waals surface area contributed by atoms with Crippen molar-refractivity contribution in [2.45, 2.75) is 18.6 Å². The number of thioether (sulfide) groups is 1. The highest BCUT2D eigenvalue weighted by molar-refractivity contribution is 7.99. The number of anilines is 1. The van der Waals surface area contributed by atoms with Gasteiger partial charge in [-0.1, -0.05) is 35.9 Å². The molecule has 2 aromatic rings. The monoisotopic (exact) mass is 349 g/mol. The van der Waals surface area contributed by atoms with Crippen molar-refractivity contribution in [1.82, 2.24) is 0 Å². The first-order valence-electron chi connectivity index (χ1n) is 7.55. The Balaban J connectivity index is 1.63. The number of benzene rings is 2. The van der Waals surface area contributed by atoms with Gasteiger partial charge in [0.25, 0.3) is 0 Å². The Morgan fingerprint density at radius 3 is 2.87 bits per heavy atom. The van der Waals surface area contributed by atoms with E-state index in [-0.39, 0.29) is 11.7 Å². The Bertz CT molecular complexity index is 702. The Kier molecular flexibility index (Phi) is 5.23. The molecule has 5 heteroatoms. The molecule has 0 N–H and O–H groups in total. The molecule has 1 aliphatic heterocycles. The minimum Gasteiger partial charge on any atom is -0.311 e. The van der Waals surface area contributed by atoms with Crippen molar-refractivity contribution < 1.29 is 9.18 Å². The van der Waals surface area contributed by atoms with Crippen LogP contribution < -0.4 is 4.90 Å². The molecule has 0 unspecified atom stereocenters. The van der Waals surface area contributed by atoms with Gasteiger partial charge in [0.1, 0.15) is 5.82 Å². The molecule has 0 saturated carbocycles. The summed E-state index contributed by atoms with van der Waals surface area (Å²) >= 11 is 7.41. The van der Waals surface area contributed by atoms with Crippen molar-refractivity contribution in [2.75, 3.05) is 17.2 Å². The predicted molar refractivity (Wildman–Crippen MR) is 94.7 cm³/mol. The molecule has 0 spiro atoms. The average Bonchev–Trinajstić information content (AvgIpc) is 2.57. The number of amides is 1. The molecule has 2 nitrogen and oxygen atoms in total. The molecule has 0 atom stereocenters. The fourth-order valence-electron chi connectivity index (χ4n) is 2.78. The lowest BCUT2D eigenvalue weighted by Gasteiger charge is -2.29. The topological polar surface area (TPSA) is 20.3 Å². The SMILES string of the molecule is O=C(CSCc1c(F)cccc1Cl)N1CCCc2ccccc21. The van der Waals surface area contributed by atoms with E-state index in [9.17, 15) is 9.18 Å². The number of para-hydroxylation sites is 1. The number of fused-ring (bicyclic) bond motifs is 1. The van der Waals surface area contributed by atoms with E-state index >= 15 is 0 Å². The van der Waals surface area contributed by atoms with Crippen LogP contribution >= 0.6 is 23.4 Å². The zero-order valence-electron chi connectivity index (χ0n) is 12.6. The lowest BCUT2D eigenvalue weighted by atomic mass is 10.0. The van der Waals surface area contributed by atoms with Crippen molar-refractivity contribution in [3.05, 3.63) is 64.4 Å². The lowest BCUT2D eigenvalue weighted by molar-refractivity contribution is -0.116. The van der Waals surface area contributed by atoms with Crippen molar-refractivity contribution in [2.24, 2.45) is 0 Å². The van der Waals surface area contributed by atoms with Gasteiger partial charge in [0, 0.05) is 28.6 Å². The van der Waals surface area contributed by atoms with Crippen LogP contribution in [0.3, 0.4) is 0 Å². The number of hydrogen-bond acceptors (Lipinski definition) is 2. The van der Waals surface area contributed by atoms with Gasteiger partial charge in [-0.2, -0.15) is 0 Å². The molecule has 0 fully saturated rings. The summed E-state index contributed by atoms with van der Waals surface area (Å²) in [4.78, 5) is 14.3. The minimum atomic E-state index is -0.319. The summed E-state index contributed by atoms with van der Waals surface area (Å²) in [5, 5.41) is 0.410. The Morgan fingerprint density at radius 1 is 1.22 bits per heavy atom. The summed E-state index contributed by atoms with van der Waals surface area (Å²) < 4.78 is 13.7. The maximum atomic E-state index is 13.7. The number of hydrogen-bond donors (Lipinski definition) is 0. The molecule has 0 bridgehead atoms. The fraction of sp³-hybridized carbons (Fsp3) is 0.278. The number of carbonyl (C=O) groups is 1. The number of rotatable bonds is 4. The number of aryl methyl sites for hydroxylation is 1. The van der Waals surface area contributed by atoms with Gasteiger partial charge in [-0.15, -0.1) is 11.8 Å². The molecule has 3 rings (SSSR count). The molecule has 0 aliphatic carbocycles. The zero-order chi connectivity index (χ0) is 16.2. The van der Waals surface area contributed by atoms with E-state index < -0.39 is 0 Å². The fourth-order valence-corrected chi connectivity index (χ4v) is 4.02. The first-order valence-corrected chi connectivity index (χ1v) is 9.09. The largest absolute Gasteiger partial charge is 0.311 e. The van der Waals surface area contributed by atoms with Crippen molar-refractivity contribution in [3.8, 4) is 0 Å². The van der Waals surface area contributed by atoms with Crippen LogP contribution in [0.15, 0.2) is 42.5 Å². The summed E-state index contributed by atoms with van der Waals surface area (Å²) in [5.74, 6) is 0.460. The maximum absolute atomic E-state index is 13.7. The molecule has 0 saturated heterocycles. The molecule has 23 heavy (non-hydrogen) atoms. The third-order valence-corrected chi connectivity index (χ3v) is 5.24. The van der Waals surface area contributed by atoms with E-state index in [2.05, 4.69) is 6.07 Å². The summed E-state index contributed by atoms with van der Waals surface area (Å²) in [5.41, 5.74) is 2.69. The standard InChI is InChI=1S/C18H17ClFNOS/c19-15-7-3-8-16(20)14(15)11-23-12-18(22)21-10-4-6-13-5-1-2-9-17(13)21/h1-3,5,7-9H,4,6,10-12H2. The van der Waals surface area contributed by atoms with Crippen molar-refractivity contribution in [1.29, 1.82) is 0 Å². The van der Waals surface area contributed by atoms with E-state index in [0.717, 1.165) is 25.1 Å². The second kappa shape index (κ2) is 7.37. The molecule has 2 aromatic carbocycles. The van der Waals surface area contributed by atoms with Gasteiger partial charge in [-0.3, -0.25) is 4.79 Å². The molecule has 0 aromatic heterocycles. The molecular weight excluding hydrogens is 333 g/mol. The van der Waals surface area contributed by atoms with Gasteiger partial charge in [-0.25, -0.2) is 4.39 Å². The van der Waals surface area contributed by atoms with Crippen LogP contribution in [-0.2, 0) is 17.0 Å². The zero-order valence-corrected chi connectivity index (χ0v) is 14.2. The molecule has 0 radical (unpaired) electrons. The number of halogens is 2. The summed E-state index contributed by atoms with van der Waals surface area (Å²) in [6.45, 7) is 0.747. The Labute approximate surface area is 144 Å². The van der Waals surface area contributed by atoms with Crippen LogP contribution in [0.1, 0.15) is 17.5 Å². The van der Waals surface area contributed by atoms with Crippen LogP contribution in [0.25, 0.3) is 0 Å². The van der Waals surface area contributed by atoms with Crippen LogP contribution in [-0.4, -0.2) is 18.2 Å². The van der Waals surface area contributed by atoms with E-state index in [4.69, 9.17) is 11.6 Å². The summed E-state index contributed by atoms with van der Waals surface area (Å²) in [6.07, 6.45) is 1.99. The van der Waals surface area contributed by atoms with Gasteiger partial charge < -0.3 is 4.90 Å². The Hall–Kier alpha value is -1.52. The van der Waals surface area contributed by atoms with Gasteiger partial charge in [0.05, 0.1) is 5.75 Å². The normalized spacial score (nSPS) is 13.7. The third-order valence-electron chi connectivity index (χ3n) is 3.94. The first-order chi connectivity index (χ1) is 11.2. The van der Waals surface area contributed by atoms with Gasteiger partial charge in [-0.05, 0) is 36.6 Å². The molecule has 1 heterocycles. The quantitative estimate of drug-likeness (QED) is 0.798. The van der Waals surface area contributed by atoms with E-state index in [1.54, 1.807) is 12.1 Å². The molecule has 1 amide bonds. The van der Waals surface area contributed by atoms with Crippen molar-refractivity contribution >= 4 is 35.0 Å². The lowest BCUT2D eigenvalue weighted by Crippen LogP contribution is -2.36. The predicted octanol–water partition coefficient (Wildman–Crippen LogP) is 4.69. The van der Waals surface area contributed by atoms with Crippen LogP contribution in [0.5, 0.6) is 0 Å². The van der Waals surface area contributed by atoms with Crippen molar-refractivity contribution in [3.63, 3.8) is 0 Å². The average molecular weight is 350 g/mol. The molecule has 1 aliphatic rings. The van der Waals surface area contributed by atoms with Gasteiger partial charge in [0.15, 0.2) is 0 Å². The third kappa shape index (κ3) is 3.70. The number of carbonyl (C=O) groups excluding carboxylic acids is 1. The second-order valence-electron chi connectivity index (χ2n) is 5.47.